The number of carbonyl (C=O) groups excluding carboxylic acids is 3. The van der Waals surface area contributed by atoms with Crippen molar-refractivity contribution in [2.45, 2.75) is 32.2 Å². The van der Waals surface area contributed by atoms with Gasteiger partial charge in [0.05, 0.1) is 17.2 Å². The minimum absolute atomic E-state index is 0.00887. The van der Waals surface area contributed by atoms with Crippen LogP contribution in [0.15, 0.2) is 18.2 Å². The zero-order valence-electron chi connectivity index (χ0n) is 15.1. The highest BCUT2D eigenvalue weighted by Crippen LogP contribution is 2.17. The molecule has 0 bridgehead atoms. The molecule has 0 unspecified atom stereocenters. The van der Waals surface area contributed by atoms with Crippen LogP contribution in [0.25, 0.3) is 0 Å². The molecule has 3 amide bonds. The van der Waals surface area contributed by atoms with E-state index in [0.717, 1.165) is 12.1 Å². The van der Waals surface area contributed by atoms with Gasteiger partial charge in [0.15, 0.2) is 0 Å². The highest BCUT2D eigenvalue weighted by Gasteiger charge is 2.24. The van der Waals surface area contributed by atoms with Crippen molar-refractivity contribution < 1.29 is 23.5 Å². The van der Waals surface area contributed by atoms with Crippen LogP contribution in [0, 0.1) is 5.82 Å². The molecular weight excluding hydrogens is 377 g/mol. The first-order valence-electron chi connectivity index (χ1n) is 8.85. The number of likely N-dealkylation sites (tertiary alicyclic amines) is 1. The first kappa shape index (κ1) is 21.0. The van der Waals surface area contributed by atoms with Gasteiger partial charge in [0, 0.05) is 32.1 Å². The second-order valence-electron chi connectivity index (χ2n) is 6.16. The van der Waals surface area contributed by atoms with Gasteiger partial charge in [-0.25, -0.2) is 9.18 Å². The molecule has 2 N–H and O–H groups in total. The van der Waals surface area contributed by atoms with Gasteiger partial charge in [-0.3, -0.25) is 9.59 Å². The van der Waals surface area contributed by atoms with E-state index in [1.165, 1.54) is 6.07 Å². The van der Waals surface area contributed by atoms with E-state index in [0.29, 0.717) is 32.5 Å². The summed E-state index contributed by atoms with van der Waals surface area (Å²) in [5, 5.41) is 5.50. The standard InChI is InChI=1S/C18H23ClFN3O4/c1-2-27-18(26)23-9-6-13(7-10-23)22-16(24)5-8-21-17(25)14-4-3-12(20)11-15(14)19/h3-4,11,13H,2,5-10H2,1H3,(H,21,25)(H,22,24). The van der Waals surface area contributed by atoms with Crippen molar-refractivity contribution in [3.63, 3.8) is 0 Å². The lowest BCUT2D eigenvalue weighted by Crippen LogP contribution is -2.47. The van der Waals surface area contributed by atoms with Crippen LogP contribution in [0.3, 0.4) is 0 Å². The Morgan fingerprint density at radius 3 is 2.63 bits per heavy atom. The van der Waals surface area contributed by atoms with Gasteiger partial charge in [0.25, 0.3) is 5.91 Å². The molecule has 1 aliphatic heterocycles. The predicted molar refractivity (Wildman–Crippen MR) is 98.1 cm³/mol. The lowest BCUT2D eigenvalue weighted by molar-refractivity contribution is -0.121. The van der Waals surface area contributed by atoms with Crippen LogP contribution in [-0.2, 0) is 9.53 Å². The number of nitrogens with zero attached hydrogens (tertiary/aromatic N) is 1. The second kappa shape index (κ2) is 10.1. The molecule has 0 aliphatic carbocycles. The molecule has 27 heavy (non-hydrogen) atoms. The van der Waals surface area contributed by atoms with Crippen LogP contribution in [-0.4, -0.2) is 55.1 Å². The Morgan fingerprint density at radius 1 is 1.30 bits per heavy atom. The summed E-state index contributed by atoms with van der Waals surface area (Å²) < 4.78 is 18.0. The molecule has 0 spiro atoms. The Morgan fingerprint density at radius 2 is 2.00 bits per heavy atom. The van der Waals surface area contributed by atoms with Crippen molar-refractivity contribution in [2.75, 3.05) is 26.2 Å². The number of ether oxygens (including phenoxy) is 1. The Kier molecular flexibility index (Phi) is 7.84. The smallest absolute Gasteiger partial charge is 0.409 e. The third-order valence-corrected chi connectivity index (χ3v) is 4.51. The van der Waals surface area contributed by atoms with E-state index in [4.69, 9.17) is 16.3 Å². The van der Waals surface area contributed by atoms with Gasteiger partial charge in [-0.1, -0.05) is 11.6 Å². The molecule has 1 heterocycles. The quantitative estimate of drug-likeness (QED) is 0.768. The number of hydrogen-bond acceptors (Lipinski definition) is 4. The van der Waals surface area contributed by atoms with E-state index in [1.807, 2.05) is 0 Å². The van der Waals surface area contributed by atoms with Gasteiger partial charge in [0.2, 0.25) is 5.91 Å². The van der Waals surface area contributed by atoms with Crippen LogP contribution in [0.5, 0.6) is 0 Å². The number of nitrogens with one attached hydrogen (secondary N) is 2. The summed E-state index contributed by atoms with van der Waals surface area (Å²) in [6.45, 7) is 3.30. The second-order valence-corrected chi connectivity index (χ2v) is 6.57. The van der Waals surface area contributed by atoms with Crippen LogP contribution in [0.1, 0.15) is 36.5 Å². The molecule has 1 aromatic rings. The molecule has 0 aromatic heterocycles. The van der Waals surface area contributed by atoms with E-state index in [-0.39, 0.29) is 41.6 Å². The molecule has 7 nitrogen and oxygen atoms in total. The molecule has 1 aromatic carbocycles. The van der Waals surface area contributed by atoms with Crippen molar-refractivity contribution in [1.82, 2.24) is 15.5 Å². The summed E-state index contributed by atoms with van der Waals surface area (Å²) in [6.07, 6.45) is 1.09. The van der Waals surface area contributed by atoms with E-state index in [2.05, 4.69) is 10.6 Å². The summed E-state index contributed by atoms with van der Waals surface area (Å²) in [7, 11) is 0. The summed E-state index contributed by atoms with van der Waals surface area (Å²) in [5.41, 5.74) is 0.157. The zero-order valence-corrected chi connectivity index (χ0v) is 15.9. The van der Waals surface area contributed by atoms with Gasteiger partial charge in [-0.05, 0) is 38.0 Å². The van der Waals surface area contributed by atoms with E-state index >= 15 is 0 Å². The minimum Gasteiger partial charge on any atom is -0.450 e. The van der Waals surface area contributed by atoms with Gasteiger partial charge >= 0.3 is 6.09 Å². The highest BCUT2D eigenvalue weighted by atomic mass is 35.5. The SMILES string of the molecule is CCOC(=O)N1CCC(NC(=O)CCNC(=O)c2ccc(F)cc2Cl)CC1. The van der Waals surface area contributed by atoms with Crippen molar-refractivity contribution >= 4 is 29.5 Å². The van der Waals surface area contributed by atoms with Crippen LogP contribution in [0.4, 0.5) is 9.18 Å². The molecule has 0 saturated carbocycles. The summed E-state index contributed by atoms with van der Waals surface area (Å²) in [4.78, 5) is 37.3. The number of benzene rings is 1. The topological polar surface area (TPSA) is 87.7 Å². The van der Waals surface area contributed by atoms with Crippen molar-refractivity contribution in [3.05, 3.63) is 34.6 Å². The molecule has 1 fully saturated rings. The molecule has 2 rings (SSSR count). The minimum atomic E-state index is -0.523. The predicted octanol–water partition coefficient (Wildman–Crippen LogP) is 2.34. The molecule has 0 atom stereocenters. The fraction of sp³-hybridized carbons (Fsp3) is 0.500. The van der Waals surface area contributed by atoms with Crippen LogP contribution in [0.2, 0.25) is 5.02 Å². The molecule has 0 radical (unpaired) electrons. The van der Waals surface area contributed by atoms with Gasteiger partial charge in [-0.2, -0.15) is 0 Å². The van der Waals surface area contributed by atoms with E-state index in [1.54, 1.807) is 11.8 Å². The first-order chi connectivity index (χ1) is 12.9. The molecule has 1 saturated heterocycles. The molecule has 1 aliphatic rings. The molecule has 148 valence electrons. The number of rotatable bonds is 6. The van der Waals surface area contributed by atoms with Gasteiger partial charge in [0.1, 0.15) is 5.82 Å². The summed E-state index contributed by atoms with van der Waals surface area (Å²) in [5.74, 6) is -1.17. The largest absolute Gasteiger partial charge is 0.450 e. The summed E-state index contributed by atoms with van der Waals surface area (Å²) in [6, 6.07) is 3.50. The monoisotopic (exact) mass is 399 g/mol. The fourth-order valence-corrected chi connectivity index (χ4v) is 3.03. The Labute approximate surface area is 162 Å². The zero-order chi connectivity index (χ0) is 19.8. The lowest BCUT2D eigenvalue weighted by atomic mass is 10.1. The third-order valence-electron chi connectivity index (χ3n) is 4.20. The maximum Gasteiger partial charge on any atom is 0.409 e. The van der Waals surface area contributed by atoms with Crippen LogP contribution < -0.4 is 10.6 Å². The Hall–Kier alpha value is -2.35. The number of carbonyl (C=O) groups is 3. The normalized spacial score (nSPS) is 14.6. The Bertz CT molecular complexity index is 693. The summed E-state index contributed by atoms with van der Waals surface area (Å²) >= 11 is 5.83. The number of amides is 3. The maximum atomic E-state index is 13.0. The van der Waals surface area contributed by atoms with Crippen LogP contribution >= 0.6 is 11.6 Å². The van der Waals surface area contributed by atoms with E-state index in [9.17, 15) is 18.8 Å². The van der Waals surface area contributed by atoms with Crippen molar-refractivity contribution in [1.29, 1.82) is 0 Å². The molecule has 9 heteroatoms. The highest BCUT2D eigenvalue weighted by molar-refractivity contribution is 6.33. The average Bonchev–Trinajstić information content (AvgIpc) is 2.62. The van der Waals surface area contributed by atoms with Gasteiger partial charge < -0.3 is 20.3 Å². The number of halogens is 2. The van der Waals surface area contributed by atoms with Crippen molar-refractivity contribution in [2.24, 2.45) is 0 Å². The number of hydrogen-bond donors (Lipinski definition) is 2. The first-order valence-corrected chi connectivity index (χ1v) is 9.22. The van der Waals surface area contributed by atoms with E-state index < -0.39 is 11.7 Å². The number of piperidine rings is 1. The lowest BCUT2D eigenvalue weighted by Gasteiger charge is -2.31. The Balaban J connectivity index is 1.68. The maximum absolute atomic E-state index is 13.0. The molecular formula is C18H23ClFN3O4. The average molecular weight is 400 g/mol. The third kappa shape index (κ3) is 6.39. The van der Waals surface area contributed by atoms with Gasteiger partial charge in [-0.15, -0.1) is 0 Å². The van der Waals surface area contributed by atoms with Crippen molar-refractivity contribution in [3.8, 4) is 0 Å². The fourth-order valence-electron chi connectivity index (χ4n) is 2.78.